The first-order valence-electron chi connectivity index (χ1n) is 9.89. The van der Waals surface area contributed by atoms with Crippen LogP contribution >= 0.6 is 0 Å². The van der Waals surface area contributed by atoms with Gasteiger partial charge in [-0.3, -0.25) is 0 Å². The SMILES string of the molecule is COc1ccc(Nc2nc(C#N)nc3c2CCN(c2ccc(C#N)c(C(F)(F)F)c2)C3)cc1. The first-order chi connectivity index (χ1) is 15.8. The second-order valence-corrected chi connectivity index (χ2v) is 7.30. The third-order valence-corrected chi connectivity index (χ3v) is 5.31. The minimum Gasteiger partial charge on any atom is -0.497 e. The van der Waals surface area contributed by atoms with E-state index in [1.54, 1.807) is 30.2 Å². The van der Waals surface area contributed by atoms with E-state index in [-0.39, 0.29) is 12.4 Å². The Morgan fingerprint density at radius 3 is 2.45 bits per heavy atom. The number of nitrogens with zero attached hydrogens (tertiary/aromatic N) is 5. The van der Waals surface area contributed by atoms with Crippen molar-refractivity contribution in [2.45, 2.75) is 19.1 Å². The number of nitriles is 2. The van der Waals surface area contributed by atoms with Crippen molar-refractivity contribution in [3.8, 4) is 17.9 Å². The third-order valence-electron chi connectivity index (χ3n) is 5.31. The lowest BCUT2D eigenvalue weighted by atomic mass is 10.0. The van der Waals surface area contributed by atoms with E-state index in [0.29, 0.717) is 35.9 Å². The molecule has 0 spiro atoms. The summed E-state index contributed by atoms with van der Waals surface area (Å²) in [5, 5.41) is 21.6. The number of benzene rings is 2. The summed E-state index contributed by atoms with van der Waals surface area (Å²) in [5.74, 6) is 1.14. The van der Waals surface area contributed by atoms with Crippen molar-refractivity contribution in [2.24, 2.45) is 0 Å². The second kappa shape index (κ2) is 8.67. The molecule has 1 aliphatic rings. The second-order valence-electron chi connectivity index (χ2n) is 7.30. The van der Waals surface area contributed by atoms with Crippen LogP contribution in [0.3, 0.4) is 0 Å². The predicted molar refractivity (Wildman–Crippen MR) is 114 cm³/mol. The summed E-state index contributed by atoms with van der Waals surface area (Å²) in [5.41, 5.74) is 1.02. The molecule has 0 atom stereocenters. The molecule has 0 amide bonds. The van der Waals surface area contributed by atoms with Gasteiger partial charge in [-0.1, -0.05) is 0 Å². The molecule has 0 radical (unpaired) electrons. The van der Waals surface area contributed by atoms with Crippen LogP contribution in [0.15, 0.2) is 42.5 Å². The van der Waals surface area contributed by atoms with Crippen LogP contribution in [-0.4, -0.2) is 23.6 Å². The molecule has 1 N–H and O–H groups in total. The van der Waals surface area contributed by atoms with Crippen LogP contribution in [0.1, 0.15) is 28.2 Å². The summed E-state index contributed by atoms with van der Waals surface area (Å²) in [6.07, 6.45) is -4.18. The molecule has 0 saturated heterocycles. The molecule has 4 rings (SSSR count). The minimum atomic E-state index is -4.64. The van der Waals surface area contributed by atoms with E-state index in [9.17, 15) is 18.4 Å². The van der Waals surface area contributed by atoms with Crippen LogP contribution < -0.4 is 15.0 Å². The Balaban J connectivity index is 1.66. The number of nitrogens with one attached hydrogen (secondary N) is 1. The van der Waals surface area contributed by atoms with Crippen molar-refractivity contribution in [3.05, 3.63) is 70.7 Å². The molecular formula is C23H17F3N6O. The monoisotopic (exact) mass is 450 g/mol. The Kier molecular flexibility index (Phi) is 5.76. The van der Waals surface area contributed by atoms with Crippen molar-refractivity contribution in [2.75, 3.05) is 23.9 Å². The van der Waals surface area contributed by atoms with E-state index in [1.165, 1.54) is 12.1 Å². The maximum absolute atomic E-state index is 13.4. The molecule has 33 heavy (non-hydrogen) atoms. The number of hydrogen-bond acceptors (Lipinski definition) is 7. The van der Waals surface area contributed by atoms with Gasteiger partial charge >= 0.3 is 6.18 Å². The van der Waals surface area contributed by atoms with Crippen molar-refractivity contribution in [1.29, 1.82) is 10.5 Å². The maximum atomic E-state index is 13.4. The molecule has 1 aliphatic heterocycles. The predicted octanol–water partition coefficient (Wildman–Crippen LogP) is 4.55. The van der Waals surface area contributed by atoms with E-state index in [0.717, 1.165) is 17.3 Å². The third kappa shape index (κ3) is 4.51. The summed E-state index contributed by atoms with van der Waals surface area (Å²) in [7, 11) is 1.57. The molecule has 0 aliphatic carbocycles. The number of aromatic nitrogens is 2. The van der Waals surface area contributed by atoms with Crippen LogP contribution in [0.2, 0.25) is 0 Å². The lowest BCUT2D eigenvalue weighted by Crippen LogP contribution is -2.32. The Labute approximate surface area is 187 Å². The highest BCUT2D eigenvalue weighted by Crippen LogP contribution is 2.36. The van der Waals surface area contributed by atoms with E-state index in [4.69, 9.17) is 10.00 Å². The van der Waals surface area contributed by atoms with Gasteiger partial charge in [-0.05, 0) is 48.9 Å². The Hall–Kier alpha value is -4.31. The van der Waals surface area contributed by atoms with Crippen LogP contribution in [0.5, 0.6) is 5.75 Å². The zero-order valence-electron chi connectivity index (χ0n) is 17.4. The number of methoxy groups -OCH3 is 1. The molecule has 3 aromatic rings. The molecule has 0 fully saturated rings. The van der Waals surface area contributed by atoms with Crippen molar-refractivity contribution < 1.29 is 17.9 Å². The average Bonchev–Trinajstić information content (AvgIpc) is 2.83. The summed E-state index contributed by atoms with van der Waals surface area (Å²) >= 11 is 0. The van der Waals surface area contributed by atoms with Crippen LogP contribution in [0.25, 0.3) is 0 Å². The average molecular weight is 450 g/mol. The minimum absolute atomic E-state index is 0.0394. The number of rotatable bonds is 4. The van der Waals surface area contributed by atoms with Gasteiger partial charge in [0.25, 0.3) is 0 Å². The van der Waals surface area contributed by atoms with E-state index < -0.39 is 17.3 Å². The summed E-state index contributed by atoms with van der Waals surface area (Å²) in [6, 6.07) is 14.3. The van der Waals surface area contributed by atoms with Crippen molar-refractivity contribution >= 4 is 17.2 Å². The fourth-order valence-corrected chi connectivity index (χ4v) is 3.68. The smallest absolute Gasteiger partial charge is 0.417 e. The van der Waals surface area contributed by atoms with E-state index in [1.807, 2.05) is 18.2 Å². The number of fused-ring (bicyclic) bond motifs is 1. The van der Waals surface area contributed by atoms with Gasteiger partial charge in [-0.25, -0.2) is 9.97 Å². The summed E-state index contributed by atoms with van der Waals surface area (Å²) < 4.78 is 45.3. The molecule has 7 nitrogen and oxygen atoms in total. The fraction of sp³-hybridized carbons (Fsp3) is 0.217. The van der Waals surface area contributed by atoms with Crippen molar-refractivity contribution in [3.63, 3.8) is 0 Å². The summed E-state index contributed by atoms with van der Waals surface area (Å²) in [6.45, 7) is 0.621. The van der Waals surface area contributed by atoms with E-state index in [2.05, 4.69) is 15.3 Å². The topological polar surface area (TPSA) is 97.9 Å². The molecular weight excluding hydrogens is 433 g/mol. The molecule has 0 saturated carbocycles. The zero-order chi connectivity index (χ0) is 23.6. The largest absolute Gasteiger partial charge is 0.497 e. The van der Waals surface area contributed by atoms with Crippen molar-refractivity contribution in [1.82, 2.24) is 9.97 Å². The number of anilines is 3. The van der Waals surface area contributed by atoms with Crippen LogP contribution in [-0.2, 0) is 19.1 Å². The number of alkyl halides is 3. The number of hydrogen-bond donors (Lipinski definition) is 1. The Morgan fingerprint density at radius 1 is 1.06 bits per heavy atom. The first kappa shape index (κ1) is 21.9. The highest BCUT2D eigenvalue weighted by Gasteiger charge is 2.34. The van der Waals surface area contributed by atoms with Gasteiger partial charge in [-0.15, -0.1) is 0 Å². The van der Waals surface area contributed by atoms with Gasteiger partial charge in [0, 0.05) is 23.5 Å². The van der Waals surface area contributed by atoms with Gasteiger partial charge in [0.1, 0.15) is 17.6 Å². The first-order valence-corrected chi connectivity index (χ1v) is 9.89. The normalized spacial score (nSPS) is 13.0. The lowest BCUT2D eigenvalue weighted by Gasteiger charge is -2.31. The highest BCUT2D eigenvalue weighted by atomic mass is 19.4. The van der Waals surface area contributed by atoms with Gasteiger partial charge < -0.3 is 15.0 Å². The van der Waals surface area contributed by atoms with Crippen LogP contribution in [0, 0.1) is 22.7 Å². The number of halogens is 3. The fourth-order valence-electron chi connectivity index (χ4n) is 3.68. The van der Waals surface area contributed by atoms with Gasteiger partial charge in [-0.2, -0.15) is 23.7 Å². The number of ether oxygens (including phenoxy) is 1. The maximum Gasteiger partial charge on any atom is 0.417 e. The zero-order valence-corrected chi connectivity index (χ0v) is 17.4. The molecule has 0 bridgehead atoms. The van der Waals surface area contributed by atoms with Gasteiger partial charge in [0.2, 0.25) is 5.82 Å². The Bertz CT molecular complexity index is 1280. The molecule has 2 heterocycles. The summed E-state index contributed by atoms with van der Waals surface area (Å²) in [4.78, 5) is 10.3. The molecule has 2 aromatic carbocycles. The Morgan fingerprint density at radius 2 is 1.82 bits per heavy atom. The molecule has 0 unspecified atom stereocenters. The highest BCUT2D eigenvalue weighted by molar-refractivity contribution is 5.63. The van der Waals surface area contributed by atoms with Gasteiger partial charge in [0.05, 0.1) is 36.5 Å². The standard InChI is InChI=1S/C23H17F3N6O/c1-33-17-6-3-15(4-7-17)29-22-18-8-9-32(13-20(18)30-21(12-28)31-22)16-5-2-14(11-27)19(10-16)23(24,25)26/h2-7,10H,8-9,13H2,1H3,(H,29,30,31). The quantitative estimate of drug-likeness (QED) is 0.623. The molecule has 10 heteroatoms. The molecule has 1 aromatic heterocycles. The van der Waals surface area contributed by atoms with E-state index >= 15 is 0 Å². The lowest BCUT2D eigenvalue weighted by molar-refractivity contribution is -0.137. The van der Waals surface area contributed by atoms with Gasteiger partial charge in [0.15, 0.2) is 0 Å². The van der Waals surface area contributed by atoms with Crippen LogP contribution in [0.4, 0.5) is 30.4 Å². The molecule has 166 valence electrons.